The van der Waals surface area contributed by atoms with Gasteiger partial charge in [-0.15, -0.1) is 11.6 Å². The van der Waals surface area contributed by atoms with E-state index in [0.29, 0.717) is 11.3 Å². The maximum Gasteiger partial charge on any atom is 0.131 e. The molecule has 0 N–H and O–H groups in total. The standard InChI is InChI=1S/C9H10ClFO/c1-6(10)9-7(11)4-3-5-8(9)12-2/h3-6H,1-2H3. The Morgan fingerprint density at radius 3 is 2.58 bits per heavy atom. The molecular weight excluding hydrogens is 179 g/mol. The molecule has 0 saturated heterocycles. The average Bonchev–Trinajstić information content (AvgIpc) is 2.03. The van der Waals surface area contributed by atoms with Crippen LogP contribution in [0.5, 0.6) is 5.75 Å². The number of benzene rings is 1. The Morgan fingerprint density at radius 2 is 2.17 bits per heavy atom. The fourth-order valence-electron chi connectivity index (χ4n) is 1.08. The first-order valence-corrected chi connectivity index (χ1v) is 4.07. The normalized spacial score (nSPS) is 12.7. The molecule has 0 aliphatic rings. The molecular formula is C9H10ClFO. The van der Waals surface area contributed by atoms with Gasteiger partial charge in [0, 0.05) is 5.56 Å². The molecule has 66 valence electrons. The van der Waals surface area contributed by atoms with Crippen molar-refractivity contribution in [2.45, 2.75) is 12.3 Å². The highest BCUT2D eigenvalue weighted by molar-refractivity contribution is 6.20. The van der Waals surface area contributed by atoms with E-state index >= 15 is 0 Å². The number of ether oxygens (including phenoxy) is 1. The van der Waals surface area contributed by atoms with Gasteiger partial charge in [0.2, 0.25) is 0 Å². The summed E-state index contributed by atoms with van der Waals surface area (Å²) in [7, 11) is 1.50. The molecule has 3 heteroatoms. The van der Waals surface area contributed by atoms with Crippen LogP contribution in [0.1, 0.15) is 17.9 Å². The molecule has 0 heterocycles. The number of hydrogen-bond donors (Lipinski definition) is 0. The van der Waals surface area contributed by atoms with Crippen molar-refractivity contribution >= 4 is 11.6 Å². The number of methoxy groups -OCH3 is 1. The van der Waals surface area contributed by atoms with Crippen LogP contribution in [0.2, 0.25) is 0 Å². The Balaban J connectivity index is 3.20. The quantitative estimate of drug-likeness (QED) is 0.648. The van der Waals surface area contributed by atoms with Crippen molar-refractivity contribution in [1.29, 1.82) is 0 Å². The monoisotopic (exact) mass is 188 g/mol. The molecule has 0 bridgehead atoms. The number of hydrogen-bond acceptors (Lipinski definition) is 1. The molecule has 1 nitrogen and oxygen atoms in total. The summed E-state index contributed by atoms with van der Waals surface area (Å²) in [5.41, 5.74) is 0.418. The molecule has 0 amide bonds. The summed E-state index contributed by atoms with van der Waals surface area (Å²) < 4.78 is 18.1. The van der Waals surface area contributed by atoms with Gasteiger partial charge in [-0.1, -0.05) is 6.07 Å². The maximum absolute atomic E-state index is 13.1. The van der Waals surface area contributed by atoms with E-state index in [1.165, 1.54) is 13.2 Å². The van der Waals surface area contributed by atoms with Gasteiger partial charge < -0.3 is 4.74 Å². The van der Waals surface area contributed by atoms with Crippen LogP contribution in [-0.2, 0) is 0 Å². The Labute approximate surface area is 76.1 Å². The van der Waals surface area contributed by atoms with Gasteiger partial charge >= 0.3 is 0 Å². The SMILES string of the molecule is COc1cccc(F)c1C(C)Cl. The Hall–Kier alpha value is -0.760. The second kappa shape index (κ2) is 3.76. The van der Waals surface area contributed by atoms with E-state index in [1.54, 1.807) is 19.1 Å². The molecule has 0 spiro atoms. The summed E-state index contributed by atoms with van der Waals surface area (Å²) in [4.78, 5) is 0. The Kier molecular flexibility index (Phi) is 2.93. The van der Waals surface area contributed by atoms with E-state index < -0.39 is 0 Å². The Bertz CT molecular complexity index is 273. The third kappa shape index (κ3) is 1.69. The summed E-state index contributed by atoms with van der Waals surface area (Å²) in [6, 6.07) is 4.66. The van der Waals surface area contributed by atoms with E-state index in [9.17, 15) is 4.39 Å². The van der Waals surface area contributed by atoms with Crippen LogP contribution < -0.4 is 4.74 Å². The van der Waals surface area contributed by atoms with Crippen molar-refractivity contribution in [2.24, 2.45) is 0 Å². The molecule has 0 saturated carbocycles. The van der Waals surface area contributed by atoms with Crippen LogP contribution in [0.25, 0.3) is 0 Å². The molecule has 0 aliphatic carbocycles. The molecule has 0 aromatic heterocycles. The zero-order chi connectivity index (χ0) is 9.14. The van der Waals surface area contributed by atoms with E-state index in [0.717, 1.165) is 0 Å². The van der Waals surface area contributed by atoms with Crippen LogP contribution >= 0.6 is 11.6 Å². The van der Waals surface area contributed by atoms with Crippen molar-refractivity contribution in [3.63, 3.8) is 0 Å². The molecule has 0 fully saturated rings. The minimum absolute atomic E-state index is 0.322. The predicted octanol–water partition coefficient (Wildman–Crippen LogP) is 3.13. The number of alkyl halides is 1. The first-order chi connectivity index (χ1) is 5.66. The van der Waals surface area contributed by atoms with Crippen molar-refractivity contribution in [1.82, 2.24) is 0 Å². The Morgan fingerprint density at radius 1 is 1.50 bits per heavy atom. The van der Waals surface area contributed by atoms with Gasteiger partial charge in [-0.3, -0.25) is 0 Å². The highest BCUT2D eigenvalue weighted by Gasteiger charge is 2.13. The molecule has 1 rings (SSSR count). The van der Waals surface area contributed by atoms with Gasteiger partial charge in [0.05, 0.1) is 12.5 Å². The molecule has 1 aromatic carbocycles. The third-order valence-electron chi connectivity index (χ3n) is 1.63. The largest absolute Gasteiger partial charge is 0.496 e. The second-order valence-electron chi connectivity index (χ2n) is 2.47. The predicted molar refractivity (Wildman–Crippen MR) is 47.2 cm³/mol. The fraction of sp³-hybridized carbons (Fsp3) is 0.333. The third-order valence-corrected chi connectivity index (χ3v) is 1.85. The first-order valence-electron chi connectivity index (χ1n) is 3.63. The van der Waals surface area contributed by atoms with Gasteiger partial charge in [0.1, 0.15) is 11.6 Å². The van der Waals surface area contributed by atoms with E-state index in [2.05, 4.69) is 0 Å². The lowest BCUT2D eigenvalue weighted by Crippen LogP contribution is -1.95. The summed E-state index contributed by atoms with van der Waals surface area (Å²) in [5.74, 6) is 0.175. The van der Waals surface area contributed by atoms with Crippen LogP contribution in [0.4, 0.5) is 4.39 Å². The zero-order valence-corrected chi connectivity index (χ0v) is 7.73. The maximum atomic E-state index is 13.1. The van der Waals surface area contributed by atoms with Crippen molar-refractivity contribution < 1.29 is 9.13 Å². The summed E-state index contributed by atoms with van der Waals surface area (Å²) in [6.07, 6.45) is 0. The molecule has 1 atom stereocenters. The summed E-state index contributed by atoms with van der Waals surface area (Å²) in [5, 5.41) is -0.374. The smallest absolute Gasteiger partial charge is 0.131 e. The second-order valence-corrected chi connectivity index (χ2v) is 3.13. The minimum atomic E-state index is -0.374. The van der Waals surface area contributed by atoms with Crippen LogP contribution in [0.3, 0.4) is 0 Å². The molecule has 0 aliphatic heterocycles. The van der Waals surface area contributed by atoms with Gasteiger partial charge in [0.25, 0.3) is 0 Å². The fourth-order valence-corrected chi connectivity index (χ4v) is 1.29. The van der Waals surface area contributed by atoms with Crippen molar-refractivity contribution in [3.05, 3.63) is 29.6 Å². The lowest BCUT2D eigenvalue weighted by atomic mass is 10.1. The summed E-state index contributed by atoms with van der Waals surface area (Å²) >= 11 is 5.77. The number of rotatable bonds is 2. The van der Waals surface area contributed by atoms with E-state index in [4.69, 9.17) is 16.3 Å². The highest BCUT2D eigenvalue weighted by atomic mass is 35.5. The average molecular weight is 189 g/mol. The number of halogens is 2. The van der Waals surface area contributed by atoms with Gasteiger partial charge in [0.15, 0.2) is 0 Å². The highest BCUT2D eigenvalue weighted by Crippen LogP contribution is 2.31. The van der Waals surface area contributed by atoms with Gasteiger partial charge in [-0.25, -0.2) is 4.39 Å². The topological polar surface area (TPSA) is 9.23 Å². The molecule has 12 heavy (non-hydrogen) atoms. The zero-order valence-electron chi connectivity index (χ0n) is 6.97. The van der Waals surface area contributed by atoms with Gasteiger partial charge in [-0.2, -0.15) is 0 Å². The first kappa shape index (κ1) is 9.33. The molecule has 1 unspecified atom stereocenters. The lowest BCUT2D eigenvalue weighted by Gasteiger charge is -2.10. The van der Waals surface area contributed by atoms with E-state index in [1.807, 2.05) is 0 Å². The van der Waals surface area contributed by atoms with E-state index in [-0.39, 0.29) is 11.2 Å². The summed E-state index contributed by atoms with van der Waals surface area (Å²) in [6.45, 7) is 1.71. The molecule has 0 radical (unpaired) electrons. The van der Waals surface area contributed by atoms with Gasteiger partial charge in [-0.05, 0) is 19.1 Å². The van der Waals surface area contributed by atoms with Crippen molar-refractivity contribution in [3.8, 4) is 5.75 Å². The minimum Gasteiger partial charge on any atom is -0.496 e. The molecule has 1 aromatic rings. The lowest BCUT2D eigenvalue weighted by molar-refractivity contribution is 0.404. The van der Waals surface area contributed by atoms with Crippen LogP contribution in [-0.4, -0.2) is 7.11 Å². The van der Waals surface area contributed by atoms with Crippen molar-refractivity contribution in [2.75, 3.05) is 7.11 Å². The van der Waals surface area contributed by atoms with Crippen LogP contribution in [0, 0.1) is 5.82 Å². The van der Waals surface area contributed by atoms with Crippen LogP contribution in [0.15, 0.2) is 18.2 Å².